The Morgan fingerprint density at radius 1 is 1.00 bits per heavy atom. The lowest BCUT2D eigenvalue weighted by molar-refractivity contribution is -0.158. The molecule has 3 saturated heterocycles. The van der Waals surface area contributed by atoms with Crippen LogP contribution in [0.15, 0.2) is 18.2 Å². The molecule has 1 aromatic rings. The summed E-state index contributed by atoms with van der Waals surface area (Å²) in [5, 5.41) is 3.39. The summed E-state index contributed by atoms with van der Waals surface area (Å²) in [6, 6.07) is 6.41. The Kier molecular flexibility index (Phi) is 9.29. The van der Waals surface area contributed by atoms with Crippen molar-refractivity contribution in [3.63, 3.8) is 0 Å². The number of hydrogen-bond acceptors (Lipinski definition) is 7. The zero-order valence-corrected chi connectivity index (χ0v) is 25.5. The number of amides is 3. The highest BCUT2D eigenvalue weighted by atomic mass is 28.3. The molecule has 10 heteroatoms. The molecule has 0 radical (unpaired) electrons. The van der Waals surface area contributed by atoms with E-state index in [0.717, 1.165) is 75.8 Å². The van der Waals surface area contributed by atoms with Gasteiger partial charge in [-0.05, 0) is 80.9 Å². The average molecular weight is 571 g/mol. The number of likely N-dealkylation sites (tertiary alicyclic amines) is 1. The highest BCUT2D eigenvalue weighted by Crippen LogP contribution is 2.33. The lowest BCUT2D eigenvalue weighted by atomic mass is 9.96. The monoisotopic (exact) mass is 570 g/mol. The maximum atomic E-state index is 13.3. The first kappa shape index (κ1) is 29.2. The number of nitrogens with one attached hydrogen (secondary N) is 1. The van der Waals surface area contributed by atoms with Gasteiger partial charge in [-0.3, -0.25) is 19.3 Å². The van der Waals surface area contributed by atoms with Gasteiger partial charge in [0.05, 0.1) is 6.10 Å². The number of nitrogens with zero attached hydrogens (tertiary/aromatic N) is 3. The molecule has 40 heavy (non-hydrogen) atoms. The number of piperidine rings is 3. The zero-order valence-electron chi connectivity index (χ0n) is 24.5. The third kappa shape index (κ3) is 6.95. The van der Waals surface area contributed by atoms with Crippen molar-refractivity contribution in [2.45, 2.75) is 82.9 Å². The van der Waals surface area contributed by atoms with Gasteiger partial charge in [-0.1, -0.05) is 19.6 Å². The van der Waals surface area contributed by atoms with Gasteiger partial charge >= 0.3 is 0 Å². The van der Waals surface area contributed by atoms with Crippen molar-refractivity contribution >= 4 is 31.5 Å². The minimum atomic E-state index is -1.27. The van der Waals surface area contributed by atoms with Gasteiger partial charge < -0.3 is 24.6 Å². The van der Waals surface area contributed by atoms with Crippen LogP contribution in [-0.2, 0) is 25.6 Å². The fourth-order valence-electron chi connectivity index (χ4n) is 6.15. The van der Waals surface area contributed by atoms with Crippen LogP contribution < -0.4 is 10.2 Å². The molecule has 9 nitrogen and oxygen atoms in total. The number of hydrogen-bond donors (Lipinski definition) is 1. The molecule has 4 aliphatic rings. The largest absolute Gasteiger partial charge is 0.378 e. The van der Waals surface area contributed by atoms with Crippen LogP contribution in [0.5, 0.6) is 0 Å². The molecule has 0 bridgehead atoms. The van der Waals surface area contributed by atoms with Gasteiger partial charge in [0.25, 0.3) is 11.8 Å². The topological polar surface area (TPSA) is 91.4 Å². The Labute approximate surface area is 239 Å². The fraction of sp³-hybridized carbons (Fsp3) is 0.700. The molecule has 1 aromatic carbocycles. The fourth-order valence-corrected chi connectivity index (χ4v) is 6.91. The minimum absolute atomic E-state index is 0.0311. The van der Waals surface area contributed by atoms with E-state index in [2.05, 4.69) is 35.9 Å². The molecule has 0 saturated carbocycles. The number of rotatable bonds is 10. The van der Waals surface area contributed by atoms with Gasteiger partial charge in [-0.25, -0.2) is 0 Å². The maximum Gasteiger partial charge on any atom is 0.255 e. The van der Waals surface area contributed by atoms with Crippen LogP contribution in [0.25, 0.3) is 0 Å². The zero-order chi connectivity index (χ0) is 28.3. The second kappa shape index (κ2) is 12.7. The third-order valence-corrected chi connectivity index (χ3v) is 10.5. The van der Waals surface area contributed by atoms with Crippen LogP contribution in [0.4, 0.5) is 5.69 Å². The highest BCUT2D eigenvalue weighted by molar-refractivity contribution is 6.76. The Bertz CT molecular complexity index is 1080. The van der Waals surface area contributed by atoms with Gasteiger partial charge in [-0.2, -0.15) is 0 Å². The molecule has 0 aliphatic carbocycles. The molecule has 1 N–H and O–H groups in total. The van der Waals surface area contributed by atoms with Crippen LogP contribution in [0.2, 0.25) is 25.7 Å². The first-order chi connectivity index (χ1) is 19.2. The second-order valence-corrected chi connectivity index (χ2v) is 18.7. The summed E-state index contributed by atoms with van der Waals surface area (Å²) in [6.45, 7) is 12.6. The van der Waals surface area contributed by atoms with Crippen molar-refractivity contribution in [3.8, 4) is 0 Å². The molecule has 3 amide bonds. The van der Waals surface area contributed by atoms with E-state index in [1.807, 2.05) is 12.1 Å². The van der Waals surface area contributed by atoms with Gasteiger partial charge in [0.2, 0.25) is 5.91 Å². The molecule has 0 spiro atoms. The molecule has 3 fully saturated rings. The Hall–Kier alpha value is -2.27. The lowest BCUT2D eigenvalue weighted by Gasteiger charge is -2.35. The highest BCUT2D eigenvalue weighted by Gasteiger charge is 2.43. The molecule has 1 atom stereocenters. The van der Waals surface area contributed by atoms with Crippen LogP contribution >= 0.6 is 0 Å². The average Bonchev–Trinajstić information content (AvgIpc) is 3.27. The smallest absolute Gasteiger partial charge is 0.255 e. The van der Waals surface area contributed by atoms with Crippen molar-refractivity contribution in [2.24, 2.45) is 5.92 Å². The summed E-state index contributed by atoms with van der Waals surface area (Å²) >= 11 is 0. The van der Waals surface area contributed by atoms with E-state index in [1.165, 1.54) is 4.90 Å². The van der Waals surface area contributed by atoms with E-state index in [-0.39, 0.29) is 30.9 Å². The third-order valence-electron chi connectivity index (χ3n) is 8.83. The number of fused-ring (bicyclic) bond motifs is 1. The number of carbonyl (C=O) groups excluding carboxylic acids is 3. The number of anilines is 1. The van der Waals surface area contributed by atoms with Gasteiger partial charge in [0.15, 0.2) is 0 Å². The van der Waals surface area contributed by atoms with E-state index >= 15 is 0 Å². The second-order valence-electron chi connectivity index (χ2n) is 13.1. The van der Waals surface area contributed by atoms with Crippen LogP contribution in [0.1, 0.15) is 54.4 Å². The Balaban J connectivity index is 1.15. The Morgan fingerprint density at radius 3 is 2.48 bits per heavy atom. The summed E-state index contributed by atoms with van der Waals surface area (Å²) < 4.78 is 11.9. The van der Waals surface area contributed by atoms with E-state index in [4.69, 9.17) is 9.47 Å². The minimum Gasteiger partial charge on any atom is -0.378 e. The molecule has 0 aromatic heterocycles. The lowest BCUT2D eigenvalue weighted by Crippen LogP contribution is -2.55. The first-order valence-corrected chi connectivity index (χ1v) is 18.8. The van der Waals surface area contributed by atoms with Crippen molar-refractivity contribution in [3.05, 3.63) is 29.3 Å². The van der Waals surface area contributed by atoms with Gasteiger partial charge in [-0.15, -0.1) is 0 Å². The SMILES string of the molecule is C[Si](C)(C)CCOCN1C(=O)CCC(N2Cc3cc(N4CCC(COC5CCNCC5)CC4)ccc3C2=O)C1=O. The molecule has 220 valence electrons. The number of benzene rings is 1. The van der Waals surface area contributed by atoms with Gasteiger partial charge in [0, 0.05) is 58.6 Å². The van der Waals surface area contributed by atoms with E-state index < -0.39 is 14.1 Å². The van der Waals surface area contributed by atoms with Crippen molar-refractivity contribution < 1.29 is 23.9 Å². The summed E-state index contributed by atoms with van der Waals surface area (Å²) in [7, 11) is -1.27. The molecule has 5 rings (SSSR count). The van der Waals surface area contributed by atoms with Crippen molar-refractivity contribution in [2.75, 3.05) is 51.0 Å². The predicted molar refractivity (Wildman–Crippen MR) is 157 cm³/mol. The number of ether oxygens (including phenoxy) is 2. The molecular weight excluding hydrogens is 524 g/mol. The van der Waals surface area contributed by atoms with Crippen LogP contribution in [0.3, 0.4) is 0 Å². The van der Waals surface area contributed by atoms with Gasteiger partial charge in [0.1, 0.15) is 12.8 Å². The Morgan fingerprint density at radius 2 is 1.75 bits per heavy atom. The van der Waals surface area contributed by atoms with Crippen molar-refractivity contribution in [1.29, 1.82) is 0 Å². The molecule has 4 aliphatic heterocycles. The molecule has 4 heterocycles. The summed E-state index contributed by atoms with van der Waals surface area (Å²) in [4.78, 5) is 44.5. The predicted octanol–water partition coefficient (Wildman–Crippen LogP) is 3.46. The van der Waals surface area contributed by atoms with Crippen LogP contribution in [-0.4, -0.2) is 93.9 Å². The quantitative estimate of drug-likeness (QED) is 0.262. The normalized spacial score (nSPS) is 23.3. The van der Waals surface area contributed by atoms with Crippen LogP contribution in [0, 0.1) is 5.92 Å². The maximum absolute atomic E-state index is 13.3. The molecular formula is C30H46N4O5Si. The summed E-state index contributed by atoms with van der Waals surface area (Å²) in [5.74, 6) is -0.0626. The summed E-state index contributed by atoms with van der Waals surface area (Å²) in [6.07, 6.45) is 5.44. The standard InChI is InChI=1S/C30H46N4O5Si/c1-40(2,3)17-16-38-21-34-28(35)7-6-27(30(34)37)33-19-23-18-24(4-5-26(23)29(33)36)32-14-10-22(11-15-32)20-39-25-8-12-31-13-9-25/h4-5,18,22,25,27,31H,6-17,19-21H2,1-3H3. The first-order valence-electron chi connectivity index (χ1n) is 15.1. The molecule has 1 unspecified atom stereocenters. The van der Waals surface area contributed by atoms with E-state index in [0.29, 0.717) is 37.2 Å². The van der Waals surface area contributed by atoms with Crippen molar-refractivity contribution in [1.82, 2.24) is 15.1 Å². The number of imide groups is 1. The van der Waals surface area contributed by atoms with E-state index in [9.17, 15) is 14.4 Å². The summed E-state index contributed by atoms with van der Waals surface area (Å²) in [5.41, 5.74) is 2.76. The van der Waals surface area contributed by atoms with E-state index in [1.54, 1.807) is 4.90 Å². The number of carbonyl (C=O) groups is 3.